The molecule has 0 spiro atoms. The van der Waals surface area contributed by atoms with Crippen LogP contribution in [0.4, 0.5) is 5.69 Å². The van der Waals surface area contributed by atoms with Crippen molar-refractivity contribution in [2.45, 2.75) is 5.03 Å². The summed E-state index contributed by atoms with van der Waals surface area (Å²) in [5.41, 5.74) is 8.21. The van der Waals surface area contributed by atoms with Gasteiger partial charge in [-0.05, 0) is 24.3 Å². The Morgan fingerprint density at radius 2 is 2.24 bits per heavy atom. The number of nitrogens with two attached hydrogens (primary N) is 1. The Kier molecular flexibility index (Phi) is 4.74. The number of nitriles is 1. The number of methoxy groups -OCH3 is 1. The number of hydrogen-bond acceptors (Lipinski definition) is 7. The zero-order valence-corrected chi connectivity index (χ0v) is 12.1. The molecule has 1 aromatic carbocycles. The summed E-state index contributed by atoms with van der Waals surface area (Å²) in [6.45, 7) is 0. The van der Waals surface area contributed by atoms with Gasteiger partial charge in [0.15, 0.2) is 0 Å². The van der Waals surface area contributed by atoms with E-state index in [1.54, 1.807) is 24.3 Å². The number of carbonyl (C=O) groups excluding carboxylic acids is 1. The van der Waals surface area contributed by atoms with Crippen LogP contribution in [0.5, 0.6) is 0 Å². The summed E-state index contributed by atoms with van der Waals surface area (Å²) >= 11 is 1.25. The number of carbonyl (C=O) groups is 1. The van der Waals surface area contributed by atoms with Gasteiger partial charge in [0.2, 0.25) is 0 Å². The molecule has 2 rings (SSSR count). The summed E-state index contributed by atoms with van der Waals surface area (Å²) in [5, 5.41) is 9.58. The van der Waals surface area contributed by atoms with Crippen molar-refractivity contribution in [3.8, 4) is 17.3 Å². The Hall–Kier alpha value is -2.59. The molecule has 0 atom stereocenters. The number of nitrogen functional groups attached to an aromatic ring is 1. The first-order valence-electron chi connectivity index (χ1n) is 5.95. The highest BCUT2D eigenvalue weighted by Crippen LogP contribution is 2.27. The van der Waals surface area contributed by atoms with E-state index in [0.717, 1.165) is 0 Å². The van der Waals surface area contributed by atoms with Gasteiger partial charge in [-0.2, -0.15) is 5.26 Å². The second-order valence-electron chi connectivity index (χ2n) is 4.02. The molecule has 2 aromatic rings. The quantitative estimate of drug-likeness (QED) is 0.398. The third-order valence-electron chi connectivity index (χ3n) is 2.67. The second-order valence-corrected chi connectivity index (χ2v) is 5.02. The van der Waals surface area contributed by atoms with Crippen molar-refractivity contribution in [2.24, 2.45) is 0 Å². The van der Waals surface area contributed by atoms with Crippen LogP contribution in [0.3, 0.4) is 0 Å². The predicted octanol–water partition coefficient (Wildman–Crippen LogP) is 1.86. The van der Waals surface area contributed by atoms with Gasteiger partial charge >= 0.3 is 5.97 Å². The van der Waals surface area contributed by atoms with Gasteiger partial charge in [0.25, 0.3) is 0 Å². The van der Waals surface area contributed by atoms with E-state index < -0.39 is 0 Å². The minimum absolute atomic E-state index is 0.167. The largest absolute Gasteiger partial charge is 0.468 e. The van der Waals surface area contributed by atoms with Gasteiger partial charge < -0.3 is 10.5 Å². The van der Waals surface area contributed by atoms with Gasteiger partial charge in [-0.25, -0.2) is 9.97 Å². The number of anilines is 1. The molecule has 106 valence electrons. The normalized spacial score (nSPS) is 9.90. The van der Waals surface area contributed by atoms with Gasteiger partial charge in [-0.1, -0.05) is 11.8 Å². The number of thioether (sulfide) groups is 1. The van der Waals surface area contributed by atoms with Crippen molar-refractivity contribution < 1.29 is 9.53 Å². The first kappa shape index (κ1) is 14.8. The van der Waals surface area contributed by atoms with Crippen LogP contribution < -0.4 is 5.73 Å². The van der Waals surface area contributed by atoms with Crippen LogP contribution in [0.1, 0.15) is 5.56 Å². The molecular weight excluding hydrogens is 288 g/mol. The number of ether oxygens (including phenoxy) is 1. The maximum Gasteiger partial charge on any atom is 0.316 e. The topological polar surface area (TPSA) is 102 Å². The van der Waals surface area contributed by atoms with E-state index in [4.69, 9.17) is 11.0 Å². The highest BCUT2D eigenvalue weighted by Gasteiger charge is 2.09. The summed E-state index contributed by atoms with van der Waals surface area (Å²) < 4.78 is 4.58. The molecule has 0 radical (unpaired) electrons. The molecular formula is C14H12N4O2S. The number of nitrogens with zero attached hydrogens (tertiary/aromatic N) is 3. The molecule has 21 heavy (non-hydrogen) atoms. The van der Waals surface area contributed by atoms with Crippen LogP contribution in [-0.4, -0.2) is 28.8 Å². The number of hydrogen-bond donors (Lipinski definition) is 1. The summed E-state index contributed by atoms with van der Waals surface area (Å²) in [6.07, 6.45) is 1.40. The van der Waals surface area contributed by atoms with Crippen molar-refractivity contribution in [2.75, 3.05) is 18.6 Å². The van der Waals surface area contributed by atoms with E-state index >= 15 is 0 Å². The minimum atomic E-state index is -0.328. The summed E-state index contributed by atoms with van der Waals surface area (Å²) in [4.78, 5) is 19.4. The Bertz CT molecular complexity index is 712. The fourth-order valence-corrected chi connectivity index (χ4v) is 2.31. The van der Waals surface area contributed by atoms with E-state index in [2.05, 4.69) is 20.8 Å². The van der Waals surface area contributed by atoms with Crippen molar-refractivity contribution in [3.05, 3.63) is 36.2 Å². The third-order valence-corrected chi connectivity index (χ3v) is 3.56. The van der Waals surface area contributed by atoms with Crippen LogP contribution >= 0.6 is 11.8 Å². The molecule has 1 heterocycles. The molecule has 7 heteroatoms. The van der Waals surface area contributed by atoms with Crippen molar-refractivity contribution in [1.29, 1.82) is 5.26 Å². The van der Waals surface area contributed by atoms with Gasteiger partial charge in [0, 0.05) is 11.3 Å². The third kappa shape index (κ3) is 3.70. The Balaban J connectivity index is 2.29. The SMILES string of the molecule is COC(=O)CSc1cc(-c2cc(C#N)ccc2N)ncn1. The van der Waals surface area contributed by atoms with E-state index in [-0.39, 0.29) is 11.7 Å². The number of aromatic nitrogens is 2. The number of rotatable bonds is 4. The van der Waals surface area contributed by atoms with Gasteiger partial charge in [0.1, 0.15) is 11.4 Å². The zero-order chi connectivity index (χ0) is 15.2. The van der Waals surface area contributed by atoms with Crippen LogP contribution in [-0.2, 0) is 9.53 Å². The first-order valence-corrected chi connectivity index (χ1v) is 6.94. The lowest BCUT2D eigenvalue weighted by Crippen LogP contribution is -2.03. The standard InChI is InChI=1S/C14H12N4O2S/c1-20-14(19)7-21-13-5-12(17-8-18-13)10-4-9(6-15)2-3-11(10)16/h2-5,8H,7,16H2,1H3. The molecule has 2 N–H and O–H groups in total. The van der Waals surface area contributed by atoms with Crippen LogP contribution in [0.15, 0.2) is 35.6 Å². The van der Waals surface area contributed by atoms with E-state index in [9.17, 15) is 4.79 Å². The van der Waals surface area contributed by atoms with Crippen LogP contribution in [0.2, 0.25) is 0 Å². The fraction of sp³-hybridized carbons (Fsp3) is 0.143. The average Bonchev–Trinajstić information content (AvgIpc) is 2.53. The maximum absolute atomic E-state index is 11.1. The highest BCUT2D eigenvalue weighted by atomic mass is 32.2. The lowest BCUT2D eigenvalue weighted by molar-refractivity contribution is -0.137. The molecule has 0 bridgehead atoms. The van der Waals surface area contributed by atoms with E-state index in [1.165, 1.54) is 25.2 Å². The smallest absolute Gasteiger partial charge is 0.316 e. The molecule has 0 aliphatic carbocycles. The van der Waals surface area contributed by atoms with Gasteiger partial charge in [0.05, 0.1) is 30.2 Å². The Labute approximate surface area is 126 Å². The Morgan fingerprint density at radius 3 is 2.95 bits per heavy atom. The average molecular weight is 300 g/mol. The number of esters is 1. The zero-order valence-electron chi connectivity index (χ0n) is 11.2. The van der Waals surface area contributed by atoms with Gasteiger partial charge in [-0.15, -0.1) is 0 Å². The maximum atomic E-state index is 11.1. The summed E-state index contributed by atoms with van der Waals surface area (Å²) in [6, 6.07) is 8.77. The number of benzene rings is 1. The monoisotopic (exact) mass is 300 g/mol. The first-order chi connectivity index (χ1) is 10.1. The lowest BCUT2D eigenvalue weighted by atomic mass is 10.1. The molecule has 6 nitrogen and oxygen atoms in total. The molecule has 0 fully saturated rings. The molecule has 0 aliphatic heterocycles. The minimum Gasteiger partial charge on any atom is -0.468 e. The lowest BCUT2D eigenvalue weighted by Gasteiger charge is -2.06. The van der Waals surface area contributed by atoms with Crippen molar-refractivity contribution >= 4 is 23.4 Å². The molecule has 0 amide bonds. The molecule has 0 saturated carbocycles. The van der Waals surface area contributed by atoms with E-state index in [1.807, 2.05) is 0 Å². The predicted molar refractivity (Wildman–Crippen MR) is 79.3 cm³/mol. The fourth-order valence-electron chi connectivity index (χ4n) is 1.61. The molecule has 0 saturated heterocycles. The Morgan fingerprint density at radius 1 is 1.43 bits per heavy atom. The van der Waals surface area contributed by atoms with E-state index in [0.29, 0.717) is 27.5 Å². The van der Waals surface area contributed by atoms with Crippen molar-refractivity contribution in [1.82, 2.24) is 9.97 Å². The van der Waals surface area contributed by atoms with Crippen LogP contribution in [0, 0.1) is 11.3 Å². The molecule has 0 aliphatic rings. The molecule has 1 aromatic heterocycles. The second kappa shape index (κ2) is 6.72. The highest BCUT2D eigenvalue weighted by molar-refractivity contribution is 7.99. The van der Waals surface area contributed by atoms with Crippen LogP contribution in [0.25, 0.3) is 11.3 Å². The van der Waals surface area contributed by atoms with Crippen molar-refractivity contribution in [3.63, 3.8) is 0 Å². The summed E-state index contributed by atoms with van der Waals surface area (Å²) in [5.74, 6) is -0.160. The van der Waals surface area contributed by atoms with Gasteiger partial charge in [-0.3, -0.25) is 4.79 Å². The summed E-state index contributed by atoms with van der Waals surface area (Å²) in [7, 11) is 1.34. The molecule has 0 unspecified atom stereocenters.